The number of rotatable bonds is 44. The molecule has 0 saturated carbocycles. The van der Waals surface area contributed by atoms with Crippen LogP contribution < -0.4 is 0 Å². The molecular weight excluding hydrogens is 829 g/mol. The van der Waals surface area contributed by atoms with Crippen LogP contribution in [-0.4, -0.2) is 89.6 Å². The molecule has 0 radical (unpaired) electrons. The van der Waals surface area contributed by atoms with Crippen LogP contribution >= 0.6 is 0 Å². The molecule has 9 nitrogen and oxygen atoms in total. The maximum absolute atomic E-state index is 12.9. The number of carbonyl (C=O) groups is 1. The lowest BCUT2D eigenvalue weighted by molar-refractivity contribution is -0.305. The molecule has 0 aliphatic carbocycles. The summed E-state index contributed by atoms with van der Waals surface area (Å²) in [5.74, 6) is -0.332. The first-order chi connectivity index (χ1) is 32.4. The van der Waals surface area contributed by atoms with Crippen molar-refractivity contribution < 1.29 is 44.2 Å². The van der Waals surface area contributed by atoms with E-state index in [1.807, 2.05) is 0 Å². The Hall–Kier alpha value is -2.89. The van der Waals surface area contributed by atoms with E-state index < -0.39 is 43.4 Å². The van der Waals surface area contributed by atoms with E-state index in [2.05, 4.69) is 111 Å². The first-order valence-electron chi connectivity index (χ1n) is 26.3. The highest BCUT2D eigenvalue weighted by atomic mass is 16.7. The highest BCUT2D eigenvalue weighted by Gasteiger charge is 2.44. The number of allylic oxidation sites excluding steroid dienone is 16. The summed E-state index contributed by atoms with van der Waals surface area (Å²) < 4.78 is 22.9. The van der Waals surface area contributed by atoms with Crippen LogP contribution in [0.5, 0.6) is 0 Å². The average Bonchev–Trinajstić information content (AvgIpc) is 3.32. The molecule has 6 unspecified atom stereocenters. The smallest absolute Gasteiger partial charge is 0.306 e. The van der Waals surface area contributed by atoms with E-state index in [1.54, 1.807) is 0 Å². The van der Waals surface area contributed by atoms with E-state index in [1.165, 1.54) is 70.6 Å². The second-order valence-electron chi connectivity index (χ2n) is 17.6. The highest BCUT2D eigenvalue weighted by Crippen LogP contribution is 2.22. The van der Waals surface area contributed by atoms with Crippen LogP contribution in [0.15, 0.2) is 97.2 Å². The minimum Gasteiger partial charge on any atom is -0.457 e. The summed E-state index contributed by atoms with van der Waals surface area (Å²) >= 11 is 0. The number of aliphatic hydroxyl groups excluding tert-OH is 4. The van der Waals surface area contributed by atoms with Crippen molar-refractivity contribution in [2.45, 2.75) is 230 Å². The quantitative estimate of drug-likeness (QED) is 0.0268. The van der Waals surface area contributed by atoms with Crippen molar-refractivity contribution in [1.82, 2.24) is 0 Å². The van der Waals surface area contributed by atoms with Gasteiger partial charge in [0.25, 0.3) is 0 Å². The third-order valence-corrected chi connectivity index (χ3v) is 11.5. The summed E-state index contributed by atoms with van der Waals surface area (Å²) in [6.45, 7) is 4.37. The number of unbranched alkanes of at least 4 members (excludes halogenated alkanes) is 17. The fraction of sp³-hybridized carbons (Fsp3) is 0.702. The van der Waals surface area contributed by atoms with Gasteiger partial charge in [-0.2, -0.15) is 0 Å². The second kappa shape index (κ2) is 47.2. The number of hydrogen-bond donors (Lipinski definition) is 4. The van der Waals surface area contributed by atoms with Gasteiger partial charge in [-0.15, -0.1) is 0 Å². The lowest BCUT2D eigenvalue weighted by atomic mass is 9.99. The van der Waals surface area contributed by atoms with Crippen molar-refractivity contribution in [3.63, 3.8) is 0 Å². The first kappa shape index (κ1) is 61.1. The van der Waals surface area contributed by atoms with Gasteiger partial charge in [0.2, 0.25) is 0 Å². The molecule has 1 aliphatic rings. The number of aliphatic hydroxyl groups is 4. The SMILES string of the molecule is CC/C=C\C/C=C\C/C=C\C/C=C\C/C=C\CCCCCCCCCC(=O)OC(COCCCCCCCCC/C=C\C/C=C\C/C=C\CCCCC)COC1OC(CO)C(O)C(O)C1O. The molecule has 0 amide bonds. The highest BCUT2D eigenvalue weighted by molar-refractivity contribution is 5.69. The Morgan fingerprint density at radius 3 is 1.39 bits per heavy atom. The zero-order chi connectivity index (χ0) is 47.8. The van der Waals surface area contributed by atoms with Crippen LogP contribution in [-0.2, 0) is 23.7 Å². The standard InChI is InChI=1S/C57H96O9/c1-3-5-7-9-11-13-15-17-19-21-23-25-26-27-28-30-32-34-36-38-40-42-44-46-53(59)65-51(50-64-57-56(62)55(61)54(60)52(48-58)66-57)49-63-47-45-43-41-39-37-35-33-31-29-24-22-20-18-16-14-12-10-8-6-4-2/h5,7,11-14,17-20,23-25,27-29,51-52,54-58,60-62H,3-4,6,8-10,15-16,21-22,26,30-50H2,1-2H3/b7-5-,13-11-,14-12-,19-17-,20-18-,25-23-,28-27-,29-24-. The summed E-state index contributed by atoms with van der Waals surface area (Å²) in [4.78, 5) is 12.9. The molecule has 0 bridgehead atoms. The van der Waals surface area contributed by atoms with Crippen molar-refractivity contribution in [1.29, 1.82) is 0 Å². The van der Waals surface area contributed by atoms with Gasteiger partial charge in [0.15, 0.2) is 6.29 Å². The zero-order valence-corrected chi connectivity index (χ0v) is 41.7. The largest absolute Gasteiger partial charge is 0.457 e. The maximum atomic E-state index is 12.9. The number of carbonyl (C=O) groups excluding carboxylic acids is 1. The van der Waals surface area contributed by atoms with Gasteiger partial charge in [-0.3, -0.25) is 4.79 Å². The number of hydrogen-bond acceptors (Lipinski definition) is 9. The van der Waals surface area contributed by atoms with Crippen LogP contribution in [0.4, 0.5) is 0 Å². The topological polar surface area (TPSA) is 135 Å². The predicted molar refractivity (Wildman–Crippen MR) is 274 cm³/mol. The van der Waals surface area contributed by atoms with E-state index in [-0.39, 0.29) is 19.2 Å². The number of ether oxygens (including phenoxy) is 4. The number of esters is 1. The normalized spacial score (nSPS) is 20.1. The summed E-state index contributed by atoms with van der Waals surface area (Å²) in [5, 5.41) is 40.3. The Bertz CT molecular complexity index is 1330. The molecule has 1 fully saturated rings. The first-order valence-corrected chi connectivity index (χ1v) is 26.3. The molecule has 6 atom stereocenters. The minimum absolute atomic E-state index is 0.127. The van der Waals surface area contributed by atoms with E-state index in [4.69, 9.17) is 18.9 Å². The molecule has 9 heteroatoms. The van der Waals surface area contributed by atoms with Crippen molar-refractivity contribution in [2.24, 2.45) is 0 Å². The van der Waals surface area contributed by atoms with Gasteiger partial charge in [-0.05, 0) is 96.3 Å². The Kier molecular flexibility index (Phi) is 43.7. The molecule has 0 aromatic rings. The van der Waals surface area contributed by atoms with E-state index in [9.17, 15) is 25.2 Å². The van der Waals surface area contributed by atoms with Gasteiger partial charge >= 0.3 is 5.97 Å². The summed E-state index contributed by atoms with van der Waals surface area (Å²) in [6.07, 6.45) is 58.6. The monoisotopic (exact) mass is 925 g/mol. The van der Waals surface area contributed by atoms with Crippen molar-refractivity contribution in [2.75, 3.05) is 26.4 Å². The molecule has 1 rings (SSSR count). The van der Waals surface area contributed by atoms with Gasteiger partial charge in [0.05, 0.1) is 19.8 Å². The second-order valence-corrected chi connectivity index (χ2v) is 17.6. The molecule has 378 valence electrons. The van der Waals surface area contributed by atoms with Crippen molar-refractivity contribution in [3.8, 4) is 0 Å². The fourth-order valence-corrected chi connectivity index (χ4v) is 7.41. The predicted octanol–water partition coefficient (Wildman–Crippen LogP) is 13.1. The minimum atomic E-state index is -1.55. The third-order valence-electron chi connectivity index (χ3n) is 11.5. The summed E-state index contributed by atoms with van der Waals surface area (Å²) in [6, 6.07) is 0. The molecule has 66 heavy (non-hydrogen) atoms. The lowest BCUT2D eigenvalue weighted by Crippen LogP contribution is -2.59. The average molecular weight is 925 g/mol. The summed E-state index contributed by atoms with van der Waals surface area (Å²) in [7, 11) is 0. The zero-order valence-electron chi connectivity index (χ0n) is 41.7. The van der Waals surface area contributed by atoms with Crippen LogP contribution in [0.1, 0.15) is 194 Å². The molecule has 1 aliphatic heterocycles. The molecule has 0 spiro atoms. The molecule has 1 heterocycles. The Labute approximate surface area is 402 Å². The van der Waals surface area contributed by atoms with Gasteiger partial charge in [0.1, 0.15) is 30.5 Å². The van der Waals surface area contributed by atoms with Crippen molar-refractivity contribution >= 4 is 5.97 Å². The molecular formula is C57H96O9. The molecule has 0 aromatic heterocycles. The Morgan fingerprint density at radius 1 is 0.500 bits per heavy atom. The molecule has 4 N–H and O–H groups in total. The van der Waals surface area contributed by atoms with Crippen LogP contribution in [0.2, 0.25) is 0 Å². The fourth-order valence-electron chi connectivity index (χ4n) is 7.41. The Balaban J connectivity index is 2.23. The van der Waals surface area contributed by atoms with Crippen LogP contribution in [0.3, 0.4) is 0 Å². The van der Waals surface area contributed by atoms with Crippen LogP contribution in [0, 0.1) is 0 Å². The van der Waals surface area contributed by atoms with Crippen molar-refractivity contribution in [3.05, 3.63) is 97.2 Å². The lowest BCUT2D eigenvalue weighted by Gasteiger charge is -2.39. The summed E-state index contributed by atoms with van der Waals surface area (Å²) in [5.41, 5.74) is 0. The third kappa shape index (κ3) is 37.1. The van der Waals surface area contributed by atoms with E-state index in [0.29, 0.717) is 13.0 Å². The van der Waals surface area contributed by atoms with Gasteiger partial charge < -0.3 is 39.4 Å². The molecule has 0 aromatic carbocycles. The van der Waals surface area contributed by atoms with Gasteiger partial charge in [-0.1, -0.05) is 188 Å². The molecule has 1 saturated heterocycles. The Morgan fingerprint density at radius 2 is 0.924 bits per heavy atom. The van der Waals surface area contributed by atoms with E-state index >= 15 is 0 Å². The van der Waals surface area contributed by atoms with Crippen LogP contribution in [0.25, 0.3) is 0 Å². The maximum Gasteiger partial charge on any atom is 0.306 e. The van der Waals surface area contributed by atoms with E-state index in [0.717, 1.165) is 103 Å². The van der Waals surface area contributed by atoms with Gasteiger partial charge in [-0.25, -0.2) is 0 Å². The van der Waals surface area contributed by atoms with Gasteiger partial charge in [0, 0.05) is 13.0 Å².